The third-order valence-corrected chi connectivity index (χ3v) is 5.68. The van der Waals surface area contributed by atoms with Crippen LogP contribution in [0.4, 0.5) is 0 Å². The van der Waals surface area contributed by atoms with E-state index in [1.165, 1.54) is 19.3 Å². The SMILES string of the molecule is CCCNC(=O)c1cccc(CN=C(NCC)NCC2(CCO)CCCCC2)c1. The highest BCUT2D eigenvalue weighted by atomic mass is 16.3. The van der Waals surface area contributed by atoms with Crippen molar-refractivity contribution >= 4 is 11.9 Å². The lowest BCUT2D eigenvalue weighted by molar-refractivity contribution is 0.0953. The fourth-order valence-corrected chi connectivity index (χ4v) is 3.99. The van der Waals surface area contributed by atoms with Gasteiger partial charge < -0.3 is 21.1 Å². The van der Waals surface area contributed by atoms with Gasteiger partial charge in [0.1, 0.15) is 0 Å². The van der Waals surface area contributed by atoms with E-state index in [2.05, 4.69) is 22.9 Å². The van der Waals surface area contributed by atoms with Gasteiger partial charge in [0, 0.05) is 31.8 Å². The number of hydrogen-bond donors (Lipinski definition) is 4. The van der Waals surface area contributed by atoms with Crippen LogP contribution in [-0.4, -0.2) is 43.2 Å². The second-order valence-corrected chi connectivity index (χ2v) is 8.04. The van der Waals surface area contributed by atoms with Crippen molar-refractivity contribution in [1.29, 1.82) is 0 Å². The largest absolute Gasteiger partial charge is 0.396 e. The molecule has 1 saturated carbocycles. The minimum Gasteiger partial charge on any atom is -0.396 e. The number of nitrogens with zero attached hydrogens (tertiary/aromatic N) is 1. The normalized spacial score (nSPS) is 16.3. The number of benzene rings is 1. The van der Waals surface area contributed by atoms with E-state index >= 15 is 0 Å². The Hall–Kier alpha value is -2.08. The lowest BCUT2D eigenvalue weighted by Crippen LogP contribution is -2.44. The molecule has 1 amide bonds. The Morgan fingerprint density at radius 3 is 2.62 bits per heavy atom. The summed E-state index contributed by atoms with van der Waals surface area (Å²) in [6.45, 7) is 7.15. The molecule has 1 aliphatic carbocycles. The molecule has 0 saturated heterocycles. The zero-order chi connectivity index (χ0) is 21.0. The number of aliphatic hydroxyl groups excluding tert-OH is 1. The lowest BCUT2D eigenvalue weighted by Gasteiger charge is -2.37. The molecule has 0 radical (unpaired) electrons. The van der Waals surface area contributed by atoms with Crippen molar-refractivity contribution < 1.29 is 9.90 Å². The van der Waals surface area contributed by atoms with Crippen LogP contribution >= 0.6 is 0 Å². The summed E-state index contributed by atoms with van der Waals surface area (Å²) in [5.41, 5.74) is 1.85. The molecule has 0 atom stereocenters. The predicted molar refractivity (Wildman–Crippen MR) is 119 cm³/mol. The molecule has 6 nitrogen and oxygen atoms in total. The summed E-state index contributed by atoms with van der Waals surface area (Å²) in [5.74, 6) is 0.752. The molecule has 29 heavy (non-hydrogen) atoms. The van der Waals surface area contributed by atoms with Crippen molar-refractivity contribution in [1.82, 2.24) is 16.0 Å². The van der Waals surface area contributed by atoms with E-state index < -0.39 is 0 Å². The second kappa shape index (κ2) is 12.5. The van der Waals surface area contributed by atoms with E-state index in [0.717, 1.165) is 50.3 Å². The average Bonchev–Trinajstić information content (AvgIpc) is 2.75. The van der Waals surface area contributed by atoms with Gasteiger partial charge in [-0.25, -0.2) is 4.99 Å². The molecule has 1 aliphatic rings. The molecule has 0 heterocycles. The Labute approximate surface area is 175 Å². The zero-order valence-electron chi connectivity index (χ0n) is 18.1. The van der Waals surface area contributed by atoms with Crippen LogP contribution in [0.15, 0.2) is 29.3 Å². The fourth-order valence-electron chi connectivity index (χ4n) is 3.99. The van der Waals surface area contributed by atoms with Crippen LogP contribution in [0.2, 0.25) is 0 Å². The fraction of sp³-hybridized carbons (Fsp3) is 0.652. The van der Waals surface area contributed by atoms with Crippen molar-refractivity contribution in [2.45, 2.75) is 65.3 Å². The standard InChI is InChI=1S/C23H38N4O2/c1-3-14-25-21(29)20-10-8-9-19(16-20)17-26-22(24-4-2)27-18-23(13-15-28)11-6-5-7-12-23/h8-10,16,28H,3-7,11-15,17-18H2,1-2H3,(H,25,29)(H2,24,26,27). The Morgan fingerprint density at radius 2 is 1.93 bits per heavy atom. The van der Waals surface area contributed by atoms with Crippen molar-refractivity contribution in [2.75, 3.05) is 26.2 Å². The molecule has 0 unspecified atom stereocenters. The van der Waals surface area contributed by atoms with Crippen LogP contribution in [0.25, 0.3) is 0 Å². The first-order chi connectivity index (χ1) is 14.1. The summed E-state index contributed by atoms with van der Waals surface area (Å²) in [5, 5.41) is 19.3. The number of rotatable bonds is 10. The molecule has 0 bridgehead atoms. The smallest absolute Gasteiger partial charge is 0.251 e. The molecule has 162 valence electrons. The molecule has 6 heteroatoms. The summed E-state index contributed by atoms with van der Waals surface area (Å²) in [4.78, 5) is 16.9. The Kier molecular flexibility index (Phi) is 9.98. The molecular weight excluding hydrogens is 364 g/mol. The van der Waals surface area contributed by atoms with Gasteiger partial charge in [-0.3, -0.25) is 4.79 Å². The minimum absolute atomic E-state index is 0.0362. The maximum atomic E-state index is 12.2. The van der Waals surface area contributed by atoms with Gasteiger partial charge >= 0.3 is 0 Å². The predicted octanol–water partition coefficient (Wildman–Crippen LogP) is 3.21. The number of aliphatic imine (C=N–C) groups is 1. The topological polar surface area (TPSA) is 85.8 Å². The van der Waals surface area contributed by atoms with Gasteiger partial charge in [0.05, 0.1) is 6.54 Å². The molecule has 1 fully saturated rings. The number of guanidine groups is 1. The summed E-state index contributed by atoms with van der Waals surface area (Å²) in [6.07, 6.45) is 7.86. The quantitative estimate of drug-likeness (QED) is 0.358. The van der Waals surface area contributed by atoms with Crippen molar-refractivity contribution in [2.24, 2.45) is 10.4 Å². The van der Waals surface area contributed by atoms with Crippen LogP contribution in [-0.2, 0) is 6.54 Å². The van der Waals surface area contributed by atoms with Crippen LogP contribution in [0.5, 0.6) is 0 Å². The van der Waals surface area contributed by atoms with Gasteiger partial charge in [0.15, 0.2) is 5.96 Å². The summed E-state index contributed by atoms with van der Waals surface area (Å²) in [7, 11) is 0. The van der Waals surface area contributed by atoms with E-state index in [9.17, 15) is 9.90 Å². The summed E-state index contributed by atoms with van der Waals surface area (Å²) in [6, 6.07) is 7.65. The molecular formula is C23H38N4O2. The summed E-state index contributed by atoms with van der Waals surface area (Å²) < 4.78 is 0. The minimum atomic E-state index is -0.0362. The molecule has 0 spiro atoms. The van der Waals surface area contributed by atoms with Gasteiger partial charge in [-0.15, -0.1) is 0 Å². The average molecular weight is 403 g/mol. The van der Waals surface area contributed by atoms with E-state index in [-0.39, 0.29) is 17.9 Å². The van der Waals surface area contributed by atoms with Crippen LogP contribution in [0, 0.1) is 5.41 Å². The third kappa shape index (κ3) is 7.69. The van der Waals surface area contributed by atoms with E-state index in [1.54, 1.807) is 0 Å². The lowest BCUT2D eigenvalue weighted by atomic mass is 9.72. The third-order valence-electron chi connectivity index (χ3n) is 5.68. The number of hydrogen-bond acceptors (Lipinski definition) is 3. The molecule has 0 aliphatic heterocycles. The molecule has 4 N–H and O–H groups in total. The van der Waals surface area contributed by atoms with Gasteiger partial charge in [0.2, 0.25) is 0 Å². The Balaban J connectivity index is 2.00. The van der Waals surface area contributed by atoms with Gasteiger partial charge in [-0.1, -0.05) is 38.3 Å². The number of carbonyl (C=O) groups is 1. The van der Waals surface area contributed by atoms with Crippen LogP contribution in [0.1, 0.15) is 74.7 Å². The maximum Gasteiger partial charge on any atom is 0.251 e. The Bertz CT molecular complexity index is 649. The first-order valence-electron chi connectivity index (χ1n) is 11.1. The van der Waals surface area contributed by atoms with Gasteiger partial charge in [-0.05, 0) is 55.7 Å². The first-order valence-corrected chi connectivity index (χ1v) is 11.1. The van der Waals surface area contributed by atoms with Crippen LogP contribution < -0.4 is 16.0 Å². The van der Waals surface area contributed by atoms with Crippen molar-refractivity contribution in [3.63, 3.8) is 0 Å². The highest BCUT2D eigenvalue weighted by Crippen LogP contribution is 2.38. The first kappa shape index (κ1) is 23.2. The number of aliphatic hydroxyl groups is 1. The van der Waals surface area contributed by atoms with E-state index in [0.29, 0.717) is 18.7 Å². The monoisotopic (exact) mass is 402 g/mol. The van der Waals surface area contributed by atoms with Gasteiger partial charge in [0.25, 0.3) is 5.91 Å². The molecule has 0 aromatic heterocycles. The molecule has 1 aromatic rings. The van der Waals surface area contributed by atoms with Crippen LogP contribution in [0.3, 0.4) is 0 Å². The van der Waals surface area contributed by atoms with Gasteiger partial charge in [-0.2, -0.15) is 0 Å². The van der Waals surface area contributed by atoms with E-state index in [4.69, 9.17) is 4.99 Å². The maximum absolute atomic E-state index is 12.2. The van der Waals surface area contributed by atoms with E-state index in [1.807, 2.05) is 31.2 Å². The highest BCUT2D eigenvalue weighted by Gasteiger charge is 2.31. The number of nitrogens with one attached hydrogen (secondary N) is 3. The molecule has 2 rings (SSSR count). The summed E-state index contributed by atoms with van der Waals surface area (Å²) >= 11 is 0. The molecule has 1 aromatic carbocycles. The highest BCUT2D eigenvalue weighted by molar-refractivity contribution is 5.94. The zero-order valence-corrected chi connectivity index (χ0v) is 18.1. The number of amides is 1. The second-order valence-electron chi connectivity index (χ2n) is 8.04. The number of carbonyl (C=O) groups excluding carboxylic acids is 1. The van der Waals surface area contributed by atoms with Crippen molar-refractivity contribution in [3.05, 3.63) is 35.4 Å². The Morgan fingerprint density at radius 1 is 1.14 bits per heavy atom. The van der Waals surface area contributed by atoms with Crippen molar-refractivity contribution in [3.8, 4) is 0 Å².